The fraction of sp³-hybridized carbons (Fsp3) is 0.400. The Balaban J connectivity index is 1.25. The van der Waals surface area contributed by atoms with Crippen LogP contribution in [-0.4, -0.2) is 47.3 Å². The summed E-state index contributed by atoms with van der Waals surface area (Å²) < 4.78 is 17.4. The molecule has 0 bridgehead atoms. The van der Waals surface area contributed by atoms with Crippen molar-refractivity contribution in [1.82, 2.24) is 15.1 Å². The largest absolute Gasteiger partial charge is 0.490 e. The van der Waals surface area contributed by atoms with Crippen molar-refractivity contribution in [1.29, 1.82) is 0 Å². The van der Waals surface area contributed by atoms with Crippen LogP contribution in [0.3, 0.4) is 0 Å². The number of aryl methyl sites for hydroxylation is 2. The van der Waals surface area contributed by atoms with Crippen molar-refractivity contribution >= 4 is 5.91 Å². The summed E-state index contributed by atoms with van der Waals surface area (Å²) in [6, 6.07) is 17.8. The zero-order valence-corrected chi connectivity index (χ0v) is 18.6. The van der Waals surface area contributed by atoms with Gasteiger partial charge in [-0.25, -0.2) is 0 Å². The lowest BCUT2D eigenvalue weighted by Crippen LogP contribution is -2.41. The van der Waals surface area contributed by atoms with E-state index in [0.29, 0.717) is 37.7 Å². The minimum Gasteiger partial charge on any atom is -0.490 e. The number of benzene rings is 2. The van der Waals surface area contributed by atoms with E-state index < -0.39 is 6.10 Å². The van der Waals surface area contributed by atoms with E-state index in [2.05, 4.69) is 23.2 Å². The molecule has 1 aromatic heterocycles. The maximum Gasteiger partial charge on any atom is 0.249 e. The van der Waals surface area contributed by atoms with Gasteiger partial charge >= 0.3 is 0 Å². The number of carbonyl (C=O) groups excluding carboxylic acids is 1. The molecule has 0 spiro atoms. The Morgan fingerprint density at radius 1 is 1.12 bits per heavy atom. The van der Waals surface area contributed by atoms with Crippen LogP contribution >= 0.6 is 0 Å². The normalized spacial score (nSPS) is 15.5. The molecule has 0 radical (unpaired) electrons. The lowest BCUT2D eigenvalue weighted by Gasteiger charge is -2.32. The average molecular weight is 436 g/mol. The van der Waals surface area contributed by atoms with Crippen LogP contribution in [0.15, 0.2) is 59.0 Å². The van der Waals surface area contributed by atoms with Crippen LogP contribution in [-0.2, 0) is 16.0 Å². The number of carbonyl (C=O) groups is 1. The fourth-order valence-electron chi connectivity index (χ4n) is 3.96. The molecule has 168 valence electrons. The molecule has 1 unspecified atom stereocenters. The number of rotatable bonds is 8. The van der Waals surface area contributed by atoms with Gasteiger partial charge in [0.2, 0.25) is 17.7 Å². The molecule has 1 amide bonds. The van der Waals surface area contributed by atoms with Gasteiger partial charge in [0.05, 0.1) is 0 Å². The molecule has 1 aliphatic heterocycles. The molecule has 0 N–H and O–H groups in total. The number of piperidine rings is 1. The van der Waals surface area contributed by atoms with Gasteiger partial charge in [-0.1, -0.05) is 42.5 Å². The molecular formula is C25H29N3O4. The number of hydrogen-bond donors (Lipinski definition) is 0. The standard InChI is InChI=1S/C25H29N3O4/c1-18-7-6-10-21(17-18)31-20-13-15-28(16-14-20)23(29)12-11-22-26-27-25(32-22)24(30-2)19-8-4-3-5-9-19/h3-10,17,20,24H,11-16H2,1-2H3. The Bertz CT molecular complexity index is 1010. The van der Waals surface area contributed by atoms with Gasteiger partial charge in [-0.2, -0.15) is 0 Å². The average Bonchev–Trinajstić information content (AvgIpc) is 3.28. The first-order valence-electron chi connectivity index (χ1n) is 11.0. The van der Waals surface area contributed by atoms with Gasteiger partial charge in [-0.3, -0.25) is 4.79 Å². The Hall–Kier alpha value is -3.19. The van der Waals surface area contributed by atoms with E-state index in [1.807, 2.05) is 53.4 Å². The Morgan fingerprint density at radius 3 is 2.62 bits per heavy atom. The smallest absolute Gasteiger partial charge is 0.249 e. The third kappa shape index (κ3) is 5.53. The number of amides is 1. The monoisotopic (exact) mass is 435 g/mol. The molecule has 7 nitrogen and oxygen atoms in total. The van der Waals surface area contributed by atoms with E-state index in [1.165, 1.54) is 5.56 Å². The molecule has 32 heavy (non-hydrogen) atoms. The van der Waals surface area contributed by atoms with E-state index in [0.717, 1.165) is 24.2 Å². The van der Waals surface area contributed by atoms with E-state index in [-0.39, 0.29) is 12.0 Å². The van der Waals surface area contributed by atoms with Gasteiger partial charge in [-0.15, -0.1) is 10.2 Å². The highest BCUT2D eigenvalue weighted by Gasteiger charge is 2.25. The number of nitrogens with zero attached hydrogens (tertiary/aromatic N) is 3. The summed E-state index contributed by atoms with van der Waals surface area (Å²) in [4.78, 5) is 14.6. The fourth-order valence-corrected chi connectivity index (χ4v) is 3.96. The summed E-state index contributed by atoms with van der Waals surface area (Å²) in [7, 11) is 1.61. The first-order valence-corrected chi connectivity index (χ1v) is 11.0. The van der Waals surface area contributed by atoms with Gasteiger partial charge in [0.15, 0.2) is 6.10 Å². The summed E-state index contributed by atoms with van der Waals surface area (Å²) in [5, 5.41) is 8.23. The van der Waals surface area contributed by atoms with Gasteiger partial charge < -0.3 is 18.8 Å². The SMILES string of the molecule is COC(c1ccccc1)c1nnc(CCC(=O)N2CCC(Oc3cccc(C)c3)CC2)o1. The van der Waals surface area contributed by atoms with Crippen molar-refractivity contribution in [2.75, 3.05) is 20.2 Å². The zero-order valence-electron chi connectivity index (χ0n) is 18.6. The minimum atomic E-state index is -0.416. The molecule has 1 fully saturated rings. The molecule has 1 atom stereocenters. The third-order valence-electron chi connectivity index (χ3n) is 5.68. The Kier molecular flexibility index (Phi) is 7.17. The number of ether oxygens (including phenoxy) is 2. The van der Waals surface area contributed by atoms with Crippen LogP contribution < -0.4 is 4.74 Å². The summed E-state index contributed by atoms with van der Waals surface area (Å²) >= 11 is 0. The molecule has 7 heteroatoms. The van der Waals surface area contributed by atoms with Crippen LogP contribution in [0.1, 0.15) is 48.3 Å². The quantitative estimate of drug-likeness (QED) is 0.530. The van der Waals surface area contributed by atoms with Crippen LogP contribution in [0.2, 0.25) is 0 Å². The lowest BCUT2D eigenvalue weighted by molar-refractivity contribution is -0.133. The number of hydrogen-bond acceptors (Lipinski definition) is 6. The summed E-state index contributed by atoms with van der Waals surface area (Å²) in [6.07, 6.45) is 2.14. The molecule has 3 aromatic rings. The van der Waals surface area contributed by atoms with Crippen molar-refractivity contribution in [2.24, 2.45) is 0 Å². The highest BCUT2D eigenvalue weighted by Crippen LogP contribution is 2.25. The second-order valence-electron chi connectivity index (χ2n) is 8.07. The number of methoxy groups -OCH3 is 1. The van der Waals surface area contributed by atoms with Crippen molar-refractivity contribution in [3.8, 4) is 5.75 Å². The molecule has 1 aliphatic rings. The first-order chi connectivity index (χ1) is 15.6. The number of likely N-dealkylation sites (tertiary alicyclic amines) is 1. The maximum absolute atomic E-state index is 12.7. The Labute approximate surface area is 188 Å². The topological polar surface area (TPSA) is 77.7 Å². The molecular weight excluding hydrogens is 406 g/mol. The van der Waals surface area contributed by atoms with Gasteiger partial charge in [0.25, 0.3) is 0 Å². The van der Waals surface area contributed by atoms with Gasteiger partial charge in [0.1, 0.15) is 11.9 Å². The second kappa shape index (κ2) is 10.4. The molecule has 2 heterocycles. The molecule has 4 rings (SSSR count). The van der Waals surface area contributed by atoms with Crippen LogP contribution in [0.4, 0.5) is 0 Å². The highest BCUT2D eigenvalue weighted by atomic mass is 16.5. The summed E-state index contributed by atoms with van der Waals surface area (Å²) in [5.41, 5.74) is 2.12. The second-order valence-corrected chi connectivity index (χ2v) is 8.07. The predicted octanol–water partition coefficient (Wildman–Crippen LogP) is 4.12. The molecule has 1 saturated heterocycles. The van der Waals surface area contributed by atoms with Crippen LogP contribution in [0.5, 0.6) is 5.75 Å². The summed E-state index contributed by atoms with van der Waals surface area (Å²) in [5.74, 6) is 1.84. The minimum absolute atomic E-state index is 0.102. The van der Waals surface area contributed by atoms with Crippen molar-refractivity contribution in [3.05, 3.63) is 77.5 Å². The van der Waals surface area contributed by atoms with Gasteiger partial charge in [-0.05, 0) is 30.2 Å². The van der Waals surface area contributed by atoms with Crippen molar-refractivity contribution in [2.45, 2.75) is 44.8 Å². The summed E-state index contributed by atoms with van der Waals surface area (Å²) in [6.45, 7) is 3.45. The van der Waals surface area contributed by atoms with Crippen molar-refractivity contribution in [3.63, 3.8) is 0 Å². The zero-order chi connectivity index (χ0) is 22.3. The van der Waals surface area contributed by atoms with E-state index in [9.17, 15) is 4.79 Å². The maximum atomic E-state index is 12.7. The molecule has 0 saturated carbocycles. The lowest BCUT2D eigenvalue weighted by atomic mass is 10.1. The van der Waals surface area contributed by atoms with Crippen molar-refractivity contribution < 1.29 is 18.7 Å². The third-order valence-corrected chi connectivity index (χ3v) is 5.68. The van der Waals surface area contributed by atoms with Crippen LogP contribution in [0.25, 0.3) is 0 Å². The van der Waals surface area contributed by atoms with E-state index in [4.69, 9.17) is 13.9 Å². The molecule has 2 aromatic carbocycles. The Morgan fingerprint density at radius 2 is 1.91 bits per heavy atom. The van der Waals surface area contributed by atoms with E-state index >= 15 is 0 Å². The predicted molar refractivity (Wildman–Crippen MR) is 119 cm³/mol. The number of aromatic nitrogens is 2. The highest BCUT2D eigenvalue weighted by molar-refractivity contribution is 5.76. The van der Waals surface area contributed by atoms with Gasteiger partial charge in [0, 0.05) is 45.9 Å². The van der Waals surface area contributed by atoms with E-state index in [1.54, 1.807) is 7.11 Å². The first kappa shape index (κ1) is 22.0. The molecule has 0 aliphatic carbocycles. The van der Waals surface area contributed by atoms with Crippen LogP contribution in [0, 0.1) is 6.92 Å².